The molecule has 0 aliphatic rings. The molecule has 2 N–H and O–H groups in total. The van der Waals surface area contributed by atoms with E-state index in [2.05, 4.69) is 15.8 Å². The zero-order chi connectivity index (χ0) is 17.7. The fraction of sp³-hybridized carbons (Fsp3) is 0.389. The summed E-state index contributed by atoms with van der Waals surface area (Å²) in [4.78, 5) is 23.7. The molecule has 0 spiro atoms. The van der Waals surface area contributed by atoms with Gasteiger partial charge in [0.15, 0.2) is 0 Å². The van der Waals surface area contributed by atoms with Gasteiger partial charge in [-0.15, -0.1) is 0 Å². The van der Waals surface area contributed by atoms with Crippen molar-refractivity contribution in [1.82, 2.24) is 5.16 Å². The predicted molar refractivity (Wildman–Crippen MR) is 93.0 cm³/mol. The molecule has 1 aromatic carbocycles. The number of carbonyl (C=O) groups is 2. The van der Waals surface area contributed by atoms with Crippen molar-refractivity contribution >= 4 is 23.2 Å². The first-order chi connectivity index (χ1) is 11.4. The second kappa shape index (κ2) is 7.77. The minimum absolute atomic E-state index is 0.0606. The van der Waals surface area contributed by atoms with Gasteiger partial charge in [0.1, 0.15) is 5.76 Å². The number of nitrogens with zero attached hydrogens (tertiary/aromatic N) is 1. The van der Waals surface area contributed by atoms with Gasteiger partial charge in [-0.25, -0.2) is 0 Å². The zero-order valence-electron chi connectivity index (χ0n) is 14.5. The number of anilines is 2. The summed E-state index contributed by atoms with van der Waals surface area (Å²) in [7, 11) is 0. The van der Waals surface area contributed by atoms with Crippen LogP contribution in [0.1, 0.15) is 42.3 Å². The molecule has 1 aromatic heterocycles. The van der Waals surface area contributed by atoms with Crippen LogP contribution >= 0.6 is 0 Å². The Hall–Kier alpha value is -2.63. The smallest absolute Gasteiger partial charge is 0.224 e. The summed E-state index contributed by atoms with van der Waals surface area (Å²) in [6, 6.07) is 5.47. The molecule has 6 heteroatoms. The maximum atomic E-state index is 12.2. The van der Waals surface area contributed by atoms with Crippen LogP contribution in [0, 0.1) is 20.8 Å². The van der Waals surface area contributed by atoms with Crippen LogP contribution in [0.15, 0.2) is 22.7 Å². The van der Waals surface area contributed by atoms with Crippen LogP contribution in [0.5, 0.6) is 0 Å². The fourth-order valence-corrected chi connectivity index (χ4v) is 2.39. The van der Waals surface area contributed by atoms with E-state index in [0.29, 0.717) is 30.6 Å². The molecule has 0 aliphatic carbocycles. The molecule has 1 heterocycles. The number of nitrogens with one attached hydrogen (secondary N) is 2. The molecule has 0 unspecified atom stereocenters. The lowest BCUT2D eigenvalue weighted by molar-refractivity contribution is -0.116. The number of aromatic nitrogens is 1. The summed E-state index contributed by atoms with van der Waals surface area (Å²) in [6.07, 6.45) is 1.33. The van der Waals surface area contributed by atoms with Crippen molar-refractivity contribution in [2.24, 2.45) is 0 Å². The molecule has 2 amide bonds. The zero-order valence-corrected chi connectivity index (χ0v) is 14.5. The van der Waals surface area contributed by atoms with Gasteiger partial charge in [-0.2, -0.15) is 0 Å². The lowest BCUT2D eigenvalue weighted by Crippen LogP contribution is -2.14. The average Bonchev–Trinajstić information content (AvgIpc) is 2.87. The van der Waals surface area contributed by atoms with Gasteiger partial charge in [0, 0.05) is 29.8 Å². The molecule has 6 nitrogen and oxygen atoms in total. The van der Waals surface area contributed by atoms with Crippen LogP contribution in [0.4, 0.5) is 11.4 Å². The normalized spacial score (nSPS) is 10.5. The molecule has 0 fully saturated rings. The van der Waals surface area contributed by atoms with Crippen LogP contribution < -0.4 is 10.6 Å². The second-order valence-electron chi connectivity index (χ2n) is 5.78. The minimum atomic E-state index is -0.0860. The highest BCUT2D eigenvalue weighted by Gasteiger charge is 2.12. The van der Waals surface area contributed by atoms with Gasteiger partial charge in [-0.1, -0.05) is 18.1 Å². The van der Waals surface area contributed by atoms with E-state index < -0.39 is 0 Å². The Morgan fingerprint density at radius 3 is 2.50 bits per heavy atom. The Balaban J connectivity index is 2.00. The molecule has 0 radical (unpaired) electrons. The van der Waals surface area contributed by atoms with Gasteiger partial charge in [-0.3, -0.25) is 9.59 Å². The predicted octanol–water partition coefficient (Wildman–Crippen LogP) is 3.52. The standard InChI is InChI=1S/C18H23N3O3/c1-5-17(22)19-14-7-6-11(2)16(10-14)20-18(23)9-8-15-12(3)21-24-13(15)4/h6-7,10H,5,8-9H2,1-4H3,(H,19,22)(H,20,23). The van der Waals surface area contributed by atoms with Gasteiger partial charge in [0.05, 0.1) is 5.69 Å². The van der Waals surface area contributed by atoms with Crippen molar-refractivity contribution < 1.29 is 14.1 Å². The Bertz CT molecular complexity index is 730. The van der Waals surface area contributed by atoms with Gasteiger partial charge < -0.3 is 15.2 Å². The van der Waals surface area contributed by atoms with Crippen molar-refractivity contribution in [3.63, 3.8) is 0 Å². The first-order valence-corrected chi connectivity index (χ1v) is 8.02. The molecular formula is C18H23N3O3. The third-order valence-electron chi connectivity index (χ3n) is 3.90. The second-order valence-corrected chi connectivity index (χ2v) is 5.78. The number of carbonyl (C=O) groups excluding carboxylic acids is 2. The molecule has 0 bridgehead atoms. The van der Waals surface area contributed by atoms with E-state index in [1.165, 1.54) is 0 Å². The van der Waals surface area contributed by atoms with E-state index in [0.717, 1.165) is 22.6 Å². The molecule has 0 atom stereocenters. The van der Waals surface area contributed by atoms with Crippen molar-refractivity contribution in [3.05, 3.63) is 40.8 Å². The maximum Gasteiger partial charge on any atom is 0.224 e. The van der Waals surface area contributed by atoms with Crippen molar-refractivity contribution in [2.45, 2.75) is 47.0 Å². The van der Waals surface area contributed by atoms with Crippen molar-refractivity contribution in [1.29, 1.82) is 0 Å². The summed E-state index contributed by atoms with van der Waals surface area (Å²) in [6.45, 7) is 7.42. The van der Waals surface area contributed by atoms with E-state index >= 15 is 0 Å². The summed E-state index contributed by atoms with van der Waals surface area (Å²) < 4.78 is 5.11. The first kappa shape index (κ1) is 17.7. The quantitative estimate of drug-likeness (QED) is 0.849. The first-order valence-electron chi connectivity index (χ1n) is 8.02. The summed E-state index contributed by atoms with van der Waals surface area (Å²) in [5.41, 5.74) is 4.11. The number of amides is 2. The van der Waals surface area contributed by atoms with Gasteiger partial charge >= 0.3 is 0 Å². The third kappa shape index (κ3) is 4.44. The fourth-order valence-electron chi connectivity index (χ4n) is 2.39. The molecule has 2 rings (SSSR count). The number of rotatable bonds is 6. The van der Waals surface area contributed by atoms with Crippen molar-refractivity contribution in [3.8, 4) is 0 Å². The Labute approximate surface area is 141 Å². The Morgan fingerprint density at radius 1 is 1.12 bits per heavy atom. The Kier molecular flexibility index (Phi) is 5.73. The number of benzene rings is 1. The highest BCUT2D eigenvalue weighted by Crippen LogP contribution is 2.21. The van der Waals surface area contributed by atoms with Gasteiger partial charge in [0.25, 0.3) is 0 Å². The maximum absolute atomic E-state index is 12.2. The van der Waals surface area contributed by atoms with Crippen LogP contribution in [0.25, 0.3) is 0 Å². The van der Waals surface area contributed by atoms with E-state index in [1.54, 1.807) is 13.0 Å². The Morgan fingerprint density at radius 2 is 1.88 bits per heavy atom. The van der Waals surface area contributed by atoms with Crippen LogP contribution in [-0.4, -0.2) is 17.0 Å². The summed E-state index contributed by atoms with van der Waals surface area (Å²) in [5.74, 6) is 0.604. The third-order valence-corrected chi connectivity index (χ3v) is 3.90. The SMILES string of the molecule is CCC(=O)Nc1ccc(C)c(NC(=O)CCc2c(C)noc2C)c1. The number of aryl methyl sites for hydroxylation is 3. The van der Waals surface area contributed by atoms with Gasteiger partial charge in [-0.05, 0) is 44.9 Å². The van der Waals surface area contributed by atoms with E-state index in [1.807, 2.05) is 32.9 Å². The van der Waals surface area contributed by atoms with Crippen LogP contribution in [0.3, 0.4) is 0 Å². The van der Waals surface area contributed by atoms with Crippen molar-refractivity contribution in [2.75, 3.05) is 10.6 Å². The van der Waals surface area contributed by atoms with E-state index in [9.17, 15) is 9.59 Å². The molecule has 128 valence electrons. The highest BCUT2D eigenvalue weighted by atomic mass is 16.5. The lowest BCUT2D eigenvalue weighted by atomic mass is 10.1. The van der Waals surface area contributed by atoms with E-state index in [-0.39, 0.29) is 11.8 Å². The van der Waals surface area contributed by atoms with Gasteiger partial charge in [0.2, 0.25) is 11.8 Å². The lowest BCUT2D eigenvalue weighted by Gasteiger charge is -2.11. The topological polar surface area (TPSA) is 84.2 Å². The number of hydrogen-bond donors (Lipinski definition) is 2. The molecular weight excluding hydrogens is 306 g/mol. The number of hydrogen-bond acceptors (Lipinski definition) is 4. The van der Waals surface area contributed by atoms with Crippen LogP contribution in [-0.2, 0) is 16.0 Å². The van der Waals surface area contributed by atoms with E-state index in [4.69, 9.17) is 4.52 Å². The summed E-state index contributed by atoms with van der Waals surface area (Å²) >= 11 is 0. The monoisotopic (exact) mass is 329 g/mol. The van der Waals surface area contributed by atoms with Crippen LogP contribution in [0.2, 0.25) is 0 Å². The molecule has 2 aromatic rings. The minimum Gasteiger partial charge on any atom is -0.361 e. The largest absolute Gasteiger partial charge is 0.361 e. The summed E-state index contributed by atoms with van der Waals surface area (Å²) in [5, 5.41) is 9.59. The molecule has 0 saturated heterocycles. The molecule has 24 heavy (non-hydrogen) atoms. The average molecular weight is 329 g/mol. The molecule has 0 saturated carbocycles. The molecule has 0 aliphatic heterocycles. The highest BCUT2D eigenvalue weighted by molar-refractivity contribution is 5.94.